The van der Waals surface area contributed by atoms with Gasteiger partial charge in [-0.25, -0.2) is 0 Å². The van der Waals surface area contributed by atoms with Crippen LogP contribution in [0.3, 0.4) is 0 Å². The Morgan fingerprint density at radius 1 is 1.27 bits per heavy atom. The molecule has 1 heteroatoms. The first kappa shape index (κ1) is 12.0. The lowest BCUT2D eigenvalue weighted by Crippen LogP contribution is -2.43. The summed E-state index contributed by atoms with van der Waals surface area (Å²) < 4.78 is 0. The molecule has 1 aromatic carbocycles. The minimum atomic E-state index is -1.46. The molecule has 0 unspecified atom stereocenters. The predicted molar refractivity (Wildman–Crippen MR) is 71.1 cm³/mol. The fourth-order valence-electron chi connectivity index (χ4n) is 1.93. The zero-order valence-electron chi connectivity index (χ0n) is 10.2. The van der Waals surface area contributed by atoms with Gasteiger partial charge in [-0.3, -0.25) is 0 Å². The van der Waals surface area contributed by atoms with Gasteiger partial charge in [0, 0.05) is 0 Å². The number of hydrogen-bond donors (Lipinski definition) is 0. The topological polar surface area (TPSA) is 0 Å². The summed E-state index contributed by atoms with van der Waals surface area (Å²) in [6.45, 7) is 9.07. The highest BCUT2D eigenvalue weighted by Crippen LogP contribution is 2.17. The van der Waals surface area contributed by atoms with Gasteiger partial charge in [-0.05, 0) is 24.6 Å². The fraction of sp³-hybridized carbons (Fsp3) is 0.357. The molecule has 0 amide bonds. The van der Waals surface area contributed by atoms with E-state index in [1.165, 1.54) is 10.4 Å². The first-order valence-electron chi connectivity index (χ1n) is 5.59. The average Bonchev–Trinajstić information content (AvgIpc) is 2.27. The van der Waals surface area contributed by atoms with Crippen LogP contribution in [0.1, 0.15) is 20.3 Å². The summed E-state index contributed by atoms with van der Waals surface area (Å²) in [5.74, 6) is 0. The van der Waals surface area contributed by atoms with Crippen molar-refractivity contribution in [3.8, 4) is 0 Å². The van der Waals surface area contributed by atoms with E-state index in [0.29, 0.717) is 0 Å². The van der Waals surface area contributed by atoms with Crippen molar-refractivity contribution in [3.63, 3.8) is 0 Å². The zero-order chi connectivity index (χ0) is 11.3. The summed E-state index contributed by atoms with van der Waals surface area (Å²) in [5.41, 5.74) is 3.42. The maximum Gasteiger partial charge on any atom is 0.116 e. The molecule has 0 saturated heterocycles. The molecule has 1 rings (SSSR count). The molecule has 0 N–H and O–H groups in total. The molecule has 0 aliphatic heterocycles. The molecule has 1 aromatic rings. The van der Waals surface area contributed by atoms with E-state index < -0.39 is 8.07 Å². The smallest absolute Gasteiger partial charge is 0.116 e. The van der Waals surface area contributed by atoms with Crippen LogP contribution in [0.15, 0.2) is 47.3 Å². The number of allylic oxidation sites excluding steroid dienone is 1. The molecular weight excluding hydrogens is 196 g/mol. The van der Waals surface area contributed by atoms with Gasteiger partial charge in [-0.15, -0.1) is 5.73 Å². The van der Waals surface area contributed by atoms with Crippen molar-refractivity contribution in [2.45, 2.75) is 33.4 Å². The molecule has 0 spiro atoms. The second-order valence-electron chi connectivity index (χ2n) is 4.26. The van der Waals surface area contributed by atoms with Crippen molar-refractivity contribution in [1.82, 2.24) is 0 Å². The van der Waals surface area contributed by atoms with Crippen molar-refractivity contribution in [2.24, 2.45) is 0 Å². The second-order valence-corrected chi connectivity index (χ2v) is 8.69. The molecule has 0 aliphatic rings. The van der Waals surface area contributed by atoms with Crippen LogP contribution in [0.5, 0.6) is 0 Å². The summed E-state index contributed by atoms with van der Waals surface area (Å²) >= 11 is 0. The van der Waals surface area contributed by atoms with Crippen molar-refractivity contribution >= 4 is 13.3 Å². The Bertz CT molecular complexity index is 368. The fourth-order valence-corrected chi connectivity index (χ4v) is 4.69. The quantitative estimate of drug-likeness (QED) is 0.534. The molecule has 15 heavy (non-hydrogen) atoms. The van der Waals surface area contributed by atoms with Crippen LogP contribution in [-0.4, -0.2) is 8.07 Å². The summed E-state index contributed by atoms with van der Waals surface area (Å²) in [6, 6.07) is 10.8. The van der Waals surface area contributed by atoms with Crippen molar-refractivity contribution in [3.05, 3.63) is 47.3 Å². The van der Waals surface area contributed by atoms with E-state index in [-0.39, 0.29) is 0 Å². The van der Waals surface area contributed by atoms with Gasteiger partial charge in [0.1, 0.15) is 8.07 Å². The van der Waals surface area contributed by atoms with E-state index in [9.17, 15) is 0 Å². The highest BCUT2D eigenvalue weighted by atomic mass is 28.3. The van der Waals surface area contributed by atoms with E-state index in [4.69, 9.17) is 0 Å². The normalized spacial score (nSPS) is 10.7. The highest BCUT2D eigenvalue weighted by molar-refractivity contribution is 6.95. The lowest BCUT2D eigenvalue weighted by atomic mass is 10.4. The monoisotopic (exact) mass is 216 g/mol. The van der Waals surface area contributed by atoms with E-state index in [0.717, 1.165) is 6.42 Å². The van der Waals surface area contributed by atoms with Gasteiger partial charge in [-0.2, -0.15) is 0 Å². The molecule has 0 nitrogen and oxygen atoms in total. The van der Waals surface area contributed by atoms with Crippen LogP contribution in [0.2, 0.25) is 13.1 Å². The Morgan fingerprint density at radius 3 is 2.33 bits per heavy atom. The van der Waals surface area contributed by atoms with Crippen LogP contribution < -0.4 is 5.19 Å². The van der Waals surface area contributed by atoms with E-state index >= 15 is 0 Å². The van der Waals surface area contributed by atoms with Crippen LogP contribution >= 0.6 is 0 Å². The molecule has 0 fully saturated rings. The van der Waals surface area contributed by atoms with Gasteiger partial charge < -0.3 is 0 Å². The van der Waals surface area contributed by atoms with Crippen molar-refractivity contribution in [2.75, 3.05) is 0 Å². The number of hydrogen-bond acceptors (Lipinski definition) is 0. The SMILES string of the molecule is CC=C=C(CC)[Si](C)(C)c1ccccc1. The van der Waals surface area contributed by atoms with E-state index in [2.05, 4.69) is 56.1 Å². The highest BCUT2D eigenvalue weighted by Gasteiger charge is 2.26. The molecule has 0 bridgehead atoms. The van der Waals surface area contributed by atoms with Gasteiger partial charge >= 0.3 is 0 Å². The van der Waals surface area contributed by atoms with Crippen LogP contribution in [-0.2, 0) is 0 Å². The summed E-state index contributed by atoms with van der Waals surface area (Å²) in [7, 11) is -1.46. The zero-order valence-corrected chi connectivity index (χ0v) is 11.2. The third-order valence-corrected chi connectivity index (χ3v) is 6.71. The van der Waals surface area contributed by atoms with E-state index in [1.54, 1.807) is 0 Å². The van der Waals surface area contributed by atoms with Crippen LogP contribution in [0, 0.1) is 0 Å². The second kappa shape index (κ2) is 5.15. The standard InChI is InChI=1S/C14H20Si/c1-5-10-13(6-2)15(3,4)14-11-8-7-9-12-14/h5,7-9,11-12H,6H2,1-4H3. The first-order chi connectivity index (χ1) is 7.12. The van der Waals surface area contributed by atoms with Gasteiger partial charge in [0.2, 0.25) is 0 Å². The Labute approximate surface area is 94.4 Å². The minimum Gasteiger partial charge on any atom is -0.130 e. The van der Waals surface area contributed by atoms with Crippen LogP contribution in [0.25, 0.3) is 0 Å². The molecule has 0 saturated carbocycles. The Morgan fingerprint density at radius 2 is 1.87 bits per heavy atom. The third-order valence-electron chi connectivity index (χ3n) is 2.92. The van der Waals surface area contributed by atoms with Crippen molar-refractivity contribution in [1.29, 1.82) is 0 Å². The Kier molecular flexibility index (Phi) is 4.13. The van der Waals surface area contributed by atoms with Crippen LogP contribution in [0.4, 0.5) is 0 Å². The molecule has 0 heterocycles. The summed E-state index contributed by atoms with van der Waals surface area (Å²) in [6.07, 6.45) is 3.15. The molecule has 0 aliphatic carbocycles. The van der Waals surface area contributed by atoms with E-state index in [1.807, 2.05) is 13.0 Å². The molecule has 0 radical (unpaired) electrons. The largest absolute Gasteiger partial charge is 0.130 e. The third kappa shape index (κ3) is 2.71. The average molecular weight is 216 g/mol. The molecule has 0 aromatic heterocycles. The molecule has 80 valence electrons. The van der Waals surface area contributed by atoms with Gasteiger partial charge in [0.05, 0.1) is 0 Å². The van der Waals surface area contributed by atoms with Gasteiger partial charge in [0.15, 0.2) is 0 Å². The molecule has 0 atom stereocenters. The van der Waals surface area contributed by atoms with Crippen molar-refractivity contribution < 1.29 is 0 Å². The maximum atomic E-state index is 3.42. The Hall–Kier alpha value is -1.04. The first-order valence-corrected chi connectivity index (χ1v) is 8.59. The summed E-state index contributed by atoms with van der Waals surface area (Å²) in [4.78, 5) is 0. The predicted octanol–water partition coefficient (Wildman–Crippen LogP) is 3.65. The van der Waals surface area contributed by atoms with Gasteiger partial charge in [0.25, 0.3) is 0 Å². The maximum absolute atomic E-state index is 3.42. The summed E-state index contributed by atoms with van der Waals surface area (Å²) in [5, 5.41) is 2.99. The Balaban J connectivity index is 3.18. The number of rotatable bonds is 3. The lowest BCUT2D eigenvalue weighted by Gasteiger charge is -2.24. The minimum absolute atomic E-state index is 1.11. The number of benzene rings is 1. The van der Waals surface area contributed by atoms with Gasteiger partial charge in [-0.1, -0.05) is 55.5 Å². The lowest BCUT2D eigenvalue weighted by molar-refractivity contribution is 1.17. The molecular formula is C14H20Si.